The highest BCUT2D eigenvalue weighted by Crippen LogP contribution is 2.43. The van der Waals surface area contributed by atoms with Crippen molar-refractivity contribution in [1.29, 1.82) is 0 Å². The van der Waals surface area contributed by atoms with Crippen molar-refractivity contribution >= 4 is 19.8 Å². The number of ether oxygens (including phenoxy) is 2. The quantitative estimate of drug-likeness (QED) is 0.0268. The van der Waals surface area contributed by atoms with Gasteiger partial charge in [-0.15, -0.1) is 0 Å². The zero-order chi connectivity index (χ0) is 40.3. The van der Waals surface area contributed by atoms with Crippen molar-refractivity contribution in [2.45, 2.75) is 200 Å². The van der Waals surface area contributed by atoms with Gasteiger partial charge in [0.05, 0.1) is 13.2 Å². The monoisotopic (exact) mass is 796 g/mol. The van der Waals surface area contributed by atoms with Gasteiger partial charge >= 0.3 is 19.8 Å². The van der Waals surface area contributed by atoms with E-state index in [1.165, 1.54) is 96.3 Å². The third-order valence-electron chi connectivity index (χ3n) is 9.23. The summed E-state index contributed by atoms with van der Waals surface area (Å²) >= 11 is 0. The fraction of sp³-hybridized carbons (Fsp3) is 0.778. The third-order valence-corrected chi connectivity index (χ3v) is 10.2. The zero-order valence-corrected chi connectivity index (χ0v) is 36.0. The average molecular weight is 796 g/mol. The molecule has 0 heterocycles. The number of unbranched alkanes of at least 4 members (excludes halogenated alkanes) is 20. The first-order valence-electron chi connectivity index (χ1n) is 22.1. The Morgan fingerprint density at radius 2 is 1.00 bits per heavy atom. The number of rotatable bonds is 41. The Hall–Kier alpha value is -2.03. The van der Waals surface area contributed by atoms with Gasteiger partial charge in [-0.05, 0) is 51.4 Å². The summed E-state index contributed by atoms with van der Waals surface area (Å²) in [6, 6.07) is 0. The second kappa shape index (κ2) is 41.6. The van der Waals surface area contributed by atoms with Crippen LogP contribution in [-0.4, -0.2) is 49.3 Å². The molecular formula is C45H82NO8P. The Morgan fingerprint density at radius 3 is 1.49 bits per heavy atom. The number of phosphoric ester groups is 1. The Bertz CT molecular complexity index is 1040. The second-order valence-corrected chi connectivity index (χ2v) is 16.0. The van der Waals surface area contributed by atoms with Crippen molar-refractivity contribution in [3.8, 4) is 0 Å². The molecule has 0 rings (SSSR count). The SMILES string of the molecule is CCC=CCC=CCC=CCC=CCCCCC(=O)OC[C@H](COP(=O)(O)OCCN)OC(=O)CCCCCCCCCCCCCCCCCCCCC. The highest BCUT2D eigenvalue weighted by molar-refractivity contribution is 7.47. The molecule has 9 nitrogen and oxygen atoms in total. The molecule has 0 amide bonds. The maximum absolute atomic E-state index is 12.6. The highest BCUT2D eigenvalue weighted by atomic mass is 31.2. The zero-order valence-electron chi connectivity index (χ0n) is 35.2. The lowest BCUT2D eigenvalue weighted by molar-refractivity contribution is -0.161. The molecule has 0 saturated carbocycles. The molecule has 320 valence electrons. The minimum Gasteiger partial charge on any atom is -0.462 e. The Morgan fingerprint density at radius 1 is 0.564 bits per heavy atom. The number of hydrogen-bond acceptors (Lipinski definition) is 8. The minimum absolute atomic E-state index is 0.0473. The van der Waals surface area contributed by atoms with Gasteiger partial charge < -0.3 is 20.1 Å². The van der Waals surface area contributed by atoms with Crippen LogP contribution in [0.2, 0.25) is 0 Å². The lowest BCUT2D eigenvalue weighted by Gasteiger charge is -2.19. The minimum atomic E-state index is -4.39. The lowest BCUT2D eigenvalue weighted by atomic mass is 10.0. The smallest absolute Gasteiger partial charge is 0.462 e. The molecule has 0 saturated heterocycles. The van der Waals surface area contributed by atoms with Gasteiger partial charge in [0.25, 0.3) is 0 Å². The maximum atomic E-state index is 12.6. The Balaban J connectivity index is 4.16. The maximum Gasteiger partial charge on any atom is 0.472 e. The lowest BCUT2D eigenvalue weighted by Crippen LogP contribution is -2.29. The third kappa shape index (κ3) is 41.4. The van der Waals surface area contributed by atoms with Gasteiger partial charge in [0.15, 0.2) is 6.10 Å². The van der Waals surface area contributed by atoms with Crippen LogP contribution in [0.5, 0.6) is 0 Å². The largest absolute Gasteiger partial charge is 0.472 e. The van der Waals surface area contributed by atoms with Crippen LogP contribution in [0.25, 0.3) is 0 Å². The van der Waals surface area contributed by atoms with Crippen molar-refractivity contribution in [2.24, 2.45) is 5.73 Å². The van der Waals surface area contributed by atoms with Gasteiger partial charge in [-0.3, -0.25) is 18.6 Å². The van der Waals surface area contributed by atoms with E-state index in [4.69, 9.17) is 24.3 Å². The summed E-state index contributed by atoms with van der Waals surface area (Å²) in [6.07, 6.45) is 47.2. The molecule has 1 unspecified atom stereocenters. The van der Waals surface area contributed by atoms with E-state index < -0.39 is 32.5 Å². The van der Waals surface area contributed by atoms with E-state index in [0.717, 1.165) is 57.8 Å². The van der Waals surface area contributed by atoms with E-state index in [1.54, 1.807) is 0 Å². The van der Waals surface area contributed by atoms with E-state index >= 15 is 0 Å². The molecule has 0 aromatic heterocycles. The van der Waals surface area contributed by atoms with Gasteiger partial charge in [-0.25, -0.2) is 4.57 Å². The number of nitrogens with two attached hydrogens (primary N) is 1. The number of phosphoric acid groups is 1. The van der Waals surface area contributed by atoms with E-state index in [-0.39, 0.29) is 32.6 Å². The Labute approximate surface area is 336 Å². The molecule has 0 aliphatic rings. The summed E-state index contributed by atoms with van der Waals surface area (Å²) in [5.74, 6) is -0.873. The van der Waals surface area contributed by atoms with Crippen molar-refractivity contribution in [2.75, 3.05) is 26.4 Å². The standard InChI is InChI=1S/C45H82NO8P/c1-3-5-7-9-11-13-15-17-19-20-21-22-24-26-28-30-32-34-36-38-45(48)54-43(42-53-55(49,50)52-40-39-46)41-51-44(47)37-35-33-31-29-27-25-23-18-16-14-12-10-8-6-4-2/h6,8,12,14,18,23,27,29,43H,3-5,7,9-11,13,15-17,19-22,24-26,28,30-42,46H2,1-2H3,(H,49,50)/t43-/m1/s1. The fourth-order valence-corrected chi connectivity index (χ4v) is 6.74. The predicted octanol–water partition coefficient (Wildman–Crippen LogP) is 12.7. The first-order chi connectivity index (χ1) is 26.8. The molecular weight excluding hydrogens is 713 g/mol. The number of hydrogen-bond donors (Lipinski definition) is 2. The molecule has 0 radical (unpaired) electrons. The van der Waals surface area contributed by atoms with Gasteiger partial charge in [-0.1, -0.05) is 178 Å². The number of esters is 2. The molecule has 2 atom stereocenters. The molecule has 0 aromatic carbocycles. The van der Waals surface area contributed by atoms with Crippen LogP contribution >= 0.6 is 7.82 Å². The van der Waals surface area contributed by atoms with Crippen LogP contribution < -0.4 is 5.73 Å². The van der Waals surface area contributed by atoms with Crippen LogP contribution in [0.4, 0.5) is 0 Å². The van der Waals surface area contributed by atoms with Gasteiger partial charge in [0.1, 0.15) is 6.61 Å². The number of allylic oxidation sites excluding steroid dienone is 8. The molecule has 0 bridgehead atoms. The molecule has 0 aromatic rings. The summed E-state index contributed by atoms with van der Waals surface area (Å²) in [7, 11) is -4.39. The normalized spacial score (nSPS) is 13.7. The van der Waals surface area contributed by atoms with Crippen molar-refractivity contribution in [1.82, 2.24) is 0 Å². The van der Waals surface area contributed by atoms with Crippen molar-refractivity contribution < 1.29 is 37.6 Å². The molecule has 0 aliphatic carbocycles. The molecule has 3 N–H and O–H groups in total. The van der Waals surface area contributed by atoms with Crippen LogP contribution in [-0.2, 0) is 32.7 Å². The van der Waals surface area contributed by atoms with E-state index in [1.807, 2.05) is 0 Å². The second-order valence-electron chi connectivity index (χ2n) is 14.5. The predicted molar refractivity (Wildman–Crippen MR) is 229 cm³/mol. The molecule has 0 fully saturated rings. The van der Waals surface area contributed by atoms with E-state index in [9.17, 15) is 19.0 Å². The molecule has 0 spiro atoms. The summed E-state index contributed by atoms with van der Waals surface area (Å²) in [5.41, 5.74) is 5.35. The summed E-state index contributed by atoms with van der Waals surface area (Å²) in [5, 5.41) is 0. The van der Waals surface area contributed by atoms with Gasteiger partial charge in [0.2, 0.25) is 0 Å². The summed E-state index contributed by atoms with van der Waals surface area (Å²) in [6.45, 7) is 3.58. The fourth-order valence-electron chi connectivity index (χ4n) is 5.98. The van der Waals surface area contributed by atoms with Crippen LogP contribution in [0.3, 0.4) is 0 Å². The average Bonchev–Trinajstić information content (AvgIpc) is 3.17. The van der Waals surface area contributed by atoms with Gasteiger partial charge in [-0.2, -0.15) is 0 Å². The van der Waals surface area contributed by atoms with E-state index in [2.05, 4.69) is 62.5 Å². The van der Waals surface area contributed by atoms with Crippen LogP contribution in [0.15, 0.2) is 48.6 Å². The number of carbonyl (C=O) groups is 2. The molecule has 0 aliphatic heterocycles. The summed E-state index contributed by atoms with van der Waals surface area (Å²) in [4.78, 5) is 34.9. The Kier molecular flexibility index (Phi) is 40.1. The van der Waals surface area contributed by atoms with Crippen LogP contribution in [0.1, 0.15) is 194 Å². The highest BCUT2D eigenvalue weighted by Gasteiger charge is 2.26. The summed E-state index contributed by atoms with van der Waals surface area (Å²) < 4.78 is 32.7. The first kappa shape index (κ1) is 53.0. The van der Waals surface area contributed by atoms with E-state index in [0.29, 0.717) is 12.8 Å². The van der Waals surface area contributed by atoms with Crippen molar-refractivity contribution in [3.05, 3.63) is 48.6 Å². The first-order valence-corrected chi connectivity index (χ1v) is 23.6. The number of carbonyl (C=O) groups excluding carboxylic acids is 2. The van der Waals surface area contributed by atoms with Crippen molar-refractivity contribution in [3.63, 3.8) is 0 Å². The van der Waals surface area contributed by atoms with Crippen LogP contribution in [0, 0.1) is 0 Å². The molecule has 10 heteroatoms. The van der Waals surface area contributed by atoms with Gasteiger partial charge in [0, 0.05) is 19.4 Å². The molecule has 55 heavy (non-hydrogen) atoms. The topological polar surface area (TPSA) is 134 Å².